The van der Waals surface area contributed by atoms with Crippen molar-refractivity contribution >= 4 is 29.9 Å². The van der Waals surface area contributed by atoms with Gasteiger partial charge in [0, 0.05) is 25.6 Å². The normalized spacial score (nSPS) is 30.0. The van der Waals surface area contributed by atoms with Crippen molar-refractivity contribution in [3.8, 4) is 0 Å². The largest absolute Gasteiger partial charge is 0.383 e. The molecule has 1 aromatic rings. The molecule has 0 aliphatic heterocycles. The Labute approximate surface area is 167 Å². The minimum atomic E-state index is -0.821. The van der Waals surface area contributed by atoms with E-state index in [4.69, 9.17) is 4.74 Å². The Morgan fingerprint density at radius 2 is 2.08 bits per heavy atom. The Morgan fingerprint density at radius 1 is 1.36 bits per heavy atom. The van der Waals surface area contributed by atoms with Crippen molar-refractivity contribution in [1.82, 2.24) is 10.6 Å². The van der Waals surface area contributed by atoms with Crippen LogP contribution in [0, 0.1) is 5.41 Å². The Bertz CT molecular complexity index is 635. The summed E-state index contributed by atoms with van der Waals surface area (Å²) in [5.41, 5.74) is 1.53. The molecule has 3 atom stereocenters. The average Bonchev–Trinajstić information content (AvgIpc) is 2.91. The SMILES string of the molecule is CN=C(NCC1(O)CCc2ccccc21)NC1CC(OC)C1(C)C.I. The van der Waals surface area contributed by atoms with E-state index in [1.807, 2.05) is 18.2 Å². The fourth-order valence-electron chi connectivity index (χ4n) is 3.97. The molecule has 25 heavy (non-hydrogen) atoms. The minimum Gasteiger partial charge on any atom is -0.383 e. The van der Waals surface area contributed by atoms with Gasteiger partial charge in [0.15, 0.2) is 5.96 Å². The number of methoxy groups -OCH3 is 1. The number of hydrogen-bond acceptors (Lipinski definition) is 3. The molecule has 1 fully saturated rings. The molecular weight excluding hydrogens is 429 g/mol. The quantitative estimate of drug-likeness (QED) is 0.368. The molecule has 3 unspecified atom stereocenters. The van der Waals surface area contributed by atoms with Crippen LogP contribution in [0.3, 0.4) is 0 Å². The number of fused-ring (bicyclic) bond motifs is 1. The predicted molar refractivity (Wildman–Crippen MR) is 112 cm³/mol. The van der Waals surface area contributed by atoms with Crippen molar-refractivity contribution in [3.05, 3.63) is 35.4 Å². The standard InChI is InChI=1S/C19H29N3O2.HI/c1-18(2)15(11-16(18)24-4)22-17(20-3)21-12-19(23)10-9-13-7-5-6-8-14(13)19;/h5-8,15-16,23H,9-12H2,1-4H3,(H2,20,21,22);1H. The summed E-state index contributed by atoms with van der Waals surface area (Å²) >= 11 is 0. The number of ether oxygens (including phenoxy) is 1. The van der Waals surface area contributed by atoms with Crippen LogP contribution in [0.15, 0.2) is 29.3 Å². The summed E-state index contributed by atoms with van der Waals surface area (Å²) in [6.45, 7) is 4.87. The minimum absolute atomic E-state index is 0. The highest BCUT2D eigenvalue weighted by molar-refractivity contribution is 14.0. The molecule has 2 aliphatic rings. The third-order valence-electron chi connectivity index (χ3n) is 5.87. The van der Waals surface area contributed by atoms with Gasteiger partial charge in [-0.1, -0.05) is 38.1 Å². The van der Waals surface area contributed by atoms with E-state index in [9.17, 15) is 5.11 Å². The van der Waals surface area contributed by atoms with E-state index >= 15 is 0 Å². The topological polar surface area (TPSA) is 65.9 Å². The zero-order valence-electron chi connectivity index (χ0n) is 15.5. The molecule has 1 aromatic carbocycles. The van der Waals surface area contributed by atoms with Crippen LogP contribution in [0.1, 0.15) is 37.8 Å². The zero-order valence-corrected chi connectivity index (χ0v) is 17.8. The molecular formula is C19H30IN3O2. The van der Waals surface area contributed by atoms with E-state index in [0.717, 1.165) is 30.8 Å². The molecule has 6 heteroatoms. The Kier molecular flexibility index (Phi) is 6.38. The number of nitrogens with zero attached hydrogens (tertiary/aromatic N) is 1. The van der Waals surface area contributed by atoms with E-state index in [2.05, 4.69) is 35.5 Å². The van der Waals surface area contributed by atoms with Gasteiger partial charge in [-0.15, -0.1) is 24.0 Å². The summed E-state index contributed by atoms with van der Waals surface area (Å²) in [5.74, 6) is 0.737. The first-order valence-corrected chi connectivity index (χ1v) is 8.71. The molecule has 140 valence electrons. The molecule has 0 spiro atoms. The van der Waals surface area contributed by atoms with Gasteiger partial charge in [0.2, 0.25) is 0 Å². The van der Waals surface area contributed by atoms with Crippen molar-refractivity contribution < 1.29 is 9.84 Å². The van der Waals surface area contributed by atoms with Crippen molar-refractivity contribution in [1.29, 1.82) is 0 Å². The van der Waals surface area contributed by atoms with Crippen LogP contribution < -0.4 is 10.6 Å². The molecule has 0 saturated heterocycles. The third kappa shape index (κ3) is 3.80. The van der Waals surface area contributed by atoms with Gasteiger partial charge in [0.1, 0.15) is 5.60 Å². The van der Waals surface area contributed by atoms with Gasteiger partial charge in [-0.05, 0) is 30.4 Å². The maximum absolute atomic E-state index is 11.0. The number of aliphatic imine (C=N–C) groups is 1. The Morgan fingerprint density at radius 3 is 2.72 bits per heavy atom. The van der Waals surface area contributed by atoms with E-state index in [1.165, 1.54) is 5.56 Å². The number of nitrogens with one attached hydrogen (secondary N) is 2. The highest BCUT2D eigenvalue weighted by Crippen LogP contribution is 2.42. The summed E-state index contributed by atoms with van der Waals surface area (Å²) in [5, 5.41) is 17.8. The summed E-state index contributed by atoms with van der Waals surface area (Å²) in [4.78, 5) is 4.32. The van der Waals surface area contributed by atoms with Gasteiger partial charge in [0.05, 0.1) is 12.6 Å². The summed E-state index contributed by atoms with van der Waals surface area (Å²) in [6.07, 6.45) is 2.92. The van der Waals surface area contributed by atoms with Crippen LogP contribution in [0.5, 0.6) is 0 Å². The van der Waals surface area contributed by atoms with Crippen molar-refractivity contribution in [2.75, 3.05) is 20.7 Å². The zero-order chi connectivity index (χ0) is 17.4. The highest BCUT2D eigenvalue weighted by Gasteiger charge is 2.49. The molecule has 0 amide bonds. The van der Waals surface area contributed by atoms with Crippen LogP contribution in [-0.4, -0.2) is 43.9 Å². The lowest BCUT2D eigenvalue weighted by Gasteiger charge is -2.51. The van der Waals surface area contributed by atoms with Gasteiger partial charge < -0.3 is 20.5 Å². The number of aliphatic hydroxyl groups is 1. The molecule has 2 aliphatic carbocycles. The molecule has 0 heterocycles. The number of aryl methyl sites for hydroxylation is 1. The van der Waals surface area contributed by atoms with Crippen molar-refractivity contribution in [2.24, 2.45) is 10.4 Å². The first-order chi connectivity index (χ1) is 11.4. The third-order valence-corrected chi connectivity index (χ3v) is 5.87. The number of hydrogen-bond donors (Lipinski definition) is 3. The van der Waals surface area contributed by atoms with Gasteiger partial charge in [-0.2, -0.15) is 0 Å². The van der Waals surface area contributed by atoms with Crippen LogP contribution in [0.2, 0.25) is 0 Å². The van der Waals surface area contributed by atoms with Crippen molar-refractivity contribution in [3.63, 3.8) is 0 Å². The van der Waals surface area contributed by atoms with E-state index < -0.39 is 5.60 Å². The van der Waals surface area contributed by atoms with Gasteiger partial charge >= 0.3 is 0 Å². The lowest BCUT2D eigenvalue weighted by Crippen LogP contribution is -2.63. The fourth-order valence-corrected chi connectivity index (χ4v) is 3.97. The maximum atomic E-state index is 11.0. The van der Waals surface area contributed by atoms with Crippen LogP contribution in [0.25, 0.3) is 0 Å². The molecule has 3 rings (SSSR count). The number of guanidine groups is 1. The van der Waals surface area contributed by atoms with Crippen molar-refractivity contribution in [2.45, 2.75) is 50.9 Å². The van der Waals surface area contributed by atoms with Gasteiger partial charge in [0.25, 0.3) is 0 Å². The van der Waals surface area contributed by atoms with E-state index in [0.29, 0.717) is 12.6 Å². The summed E-state index contributed by atoms with van der Waals surface area (Å²) < 4.78 is 5.50. The first kappa shape index (κ1) is 20.5. The lowest BCUT2D eigenvalue weighted by molar-refractivity contribution is -0.0923. The number of benzene rings is 1. The second-order valence-electron chi connectivity index (χ2n) is 7.59. The first-order valence-electron chi connectivity index (χ1n) is 8.71. The molecule has 0 radical (unpaired) electrons. The van der Waals surface area contributed by atoms with Crippen LogP contribution >= 0.6 is 24.0 Å². The Hall–Kier alpha value is -0.860. The van der Waals surface area contributed by atoms with Crippen LogP contribution in [0.4, 0.5) is 0 Å². The second kappa shape index (κ2) is 7.80. The molecule has 0 bridgehead atoms. The fraction of sp³-hybridized carbons (Fsp3) is 0.632. The second-order valence-corrected chi connectivity index (χ2v) is 7.59. The highest BCUT2D eigenvalue weighted by atomic mass is 127. The van der Waals surface area contributed by atoms with E-state index in [1.54, 1.807) is 14.2 Å². The smallest absolute Gasteiger partial charge is 0.191 e. The lowest BCUT2D eigenvalue weighted by atomic mass is 9.64. The van der Waals surface area contributed by atoms with Gasteiger partial charge in [-0.3, -0.25) is 4.99 Å². The average molecular weight is 459 g/mol. The van der Waals surface area contributed by atoms with Gasteiger partial charge in [-0.25, -0.2) is 0 Å². The van der Waals surface area contributed by atoms with E-state index in [-0.39, 0.29) is 35.5 Å². The Balaban J connectivity index is 0.00000225. The predicted octanol–water partition coefficient (Wildman–Crippen LogP) is 2.42. The summed E-state index contributed by atoms with van der Waals surface area (Å²) in [6, 6.07) is 8.47. The number of halogens is 1. The monoisotopic (exact) mass is 459 g/mol. The maximum Gasteiger partial charge on any atom is 0.191 e. The molecule has 0 aromatic heterocycles. The summed E-state index contributed by atoms with van der Waals surface area (Å²) in [7, 11) is 3.53. The number of rotatable bonds is 4. The molecule has 3 N–H and O–H groups in total. The molecule has 5 nitrogen and oxygen atoms in total. The van der Waals surface area contributed by atoms with Crippen LogP contribution in [-0.2, 0) is 16.8 Å². The molecule has 1 saturated carbocycles.